The lowest BCUT2D eigenvalue weighted by molar-refractivity contribution is -0.150. The number of halogens is 1. The number of fused-ring (bicyclic) bond motifs is 5. The van der Waals surface area contributed by atoms with Crippen LogP contribution in [0.1, 0.15) is 91.4 Å². The van der Waals surface area contributed by atoms with E-state index in [9.17, 15) is 9.59 Å². The van der Waals surface area contributed by atoms with Gasteiger partial charge < -0.3 is 10.5 Å². The smallest absolute Gasteiger partial charge is 0.321 e. The molecule has 0 saturated heterocycles. The number of ether oxygens (including phenoxy) is 1. The molecular weight excluding hydrogens is 410 g/mol. The third-order valence-electron chi connectivity index (χ3n) is 10.5. The SMILES string of the molecule is C[C@H](CCC(N)=O)[C@H]1C(OC(=O)CCl)C[C@H]2[C@@H]3CC[C@@H]4CCCC[C@]4(C)[C@H]3CC[C@]12C. The Kier molecular flexibility index (Phi) is 6.70. The van der Waals surface area contributed by atoms with Crippen molar-refractivity contribution in [2.45, 2.75) is 97.5 Å². The summed E-state index contributed by atoms with van der Waals surface area (Å²) in [4.78, 5) is 23.7. The summed E-state index contributed by atoms with van der Waals surface area (Å²) < 4.78 is 5.98. The zero-order valence-electron chi connectivity index (χ0n) is 19.7. The number of amides is 1. The zero-order valence-corrected chi connectivity index (χ0v) is 20.5. The topological polar surface area (TPSA) is 69.4 Å². The summed E-state index contributed by atoms with van der Waals surface area (Å²) in [5.41, 5.74) is 6.12. The molecule has 0 aromatic carbocycles. The molecule has 0 spiro atoms. The highest BCUT2D eigenvalue weighted by Crippen LogP contribution is 2.68. The van der Waals surface area contributed by atoms with Crippen molar-refractivity contribution in [3.05, 3.63) is 0 Å². The number of primary amides is 1. The summed E-state index contributed by atoms with van der Waals surface area (Å²) in [7, 11) is 0. The van der Waals surface area contributed by atoms with Gasteiger partial charge in [0.05, 0.1) is 0 Å². The summed E-state index contributed by atoms with van der Waals surface area (Å²) in [6, 6.07) is 0. The van der Waals surface area contributed by atoms with Crippen molar-refractivity contribution in [1.29, 1.82) is 0 Å². The van der Waals surface area contributed by atoms with E-state index in [0.29, 0.717) is 23.7 Å². The van der Waals surface area contributed by atoms with Gasteiger partial charge in [0.25, 0.3) is 0 Å². The van der Waals surface area contributed by atoms with Gasteiger partial charge in [0.2, 0.25) is 5.91 Å². The Morgan fingerprint density at radius 1 is 1.06 bits per heavy atom. The second-order valence-electron chi connectivity index (χ2n) is 11.9. The van der Waals surface area contributed by atoms with Crippen LogP contribution in [0.2, 0.25) is 0 Å². The molecule has 0 radical (unpaired) electrons. The van der Waals surface area contributed by atoms with Crippen LogP contribution in [0.15, 0.2) is 0 Å². The predicted molar refractivity (Wildman–Crippen MR) is 123 cm³/mol. The lowest BCUT2D eigenvalue weighted by atomic mass is 9.44. The summed E-state index contributed by atoms with van der Waals surface area (Å²) in [6.45, 7) is 7.29. The minimum Gasteiger partial charge on any atom is -0.461 e. The van der Waals surface area contributed by atoms with Gasteiger partial charge in [0.15, 0.2) is 0 Å². The maximum Gasteiger partial charge on any atom is 0.321 e. The molecule has 4 rings (SSSR count). The third kappa shape index (κ3) is 4.04. The number of alkyl halides is 1. The number of carbonyl (C=O) groups is 2. The number of rotatable bonds is 6. The van der Waals surface area contributed by atoms with Crippen LogP contribution in [-0.2, 0) is 14.3 Å². The van der Waals surface area contributed by atoms with Crippen LogP contribution >= 0.6 is 11.6 Å². The van der Waals surface area contributed by atoms with Crippen molar-refractivity contribution in [2.24, 2.45) is 52.1 Å². The molecular formula is C26H42ClNO3. The van der Waals surface area contributed by atoms with E-state index >= 15 is 0 Å². The fraction of sp³-hybridized carbons (Fsp3) is 0.923. The average Bonchev–Trinajstić information content (AvgIpc) is 3.03. The van der Waals surface area contributed by atoms with Crippen molar-refractivity contribution in [3.63, 3.8) is 0 Å². The van der Waals surface area contributed by atoms with Crippen LogP contribution in [0, 0.1) is 46.3 Å². The van der Waals surface area contributed by atoms with E-state index in [2.05, 4.69) is 20.8 Å². The van der Waals surface area contributed by atoms with E-state index in [4.69, 9.17) is 22.1 Å². The average molecular weight is 452 g/mol. The fourth-order valence-electron chi connectivity index (χ4n) is 9.21. The maximum absolute atomic E-state index is 12.2. The fourth-order valence-corrected chi connectivity index (χ4v) is 9.27. The van der Waals surface area contributed by atoms with Crippen molar-refractivity contribution in [3.8, 4) is 0 Å². The molecule has 0 aliphatic heterocycles. The Hall–Kier alpha value is -0.770. The largest absolute Gasteiger partial charge is 0.461 e. The Morgan fingerprint density at radius 2 is 1.84 bits per heavy atom. The second kappa shape index (κ2) is 8.88. The molecule has 31 heavy (non-hydrogen) atoms. The monoisotopic (exact) mass is 451 g/mol. The lowest BCUT2D eigenvalue weighted by Crippen LogP contribution is -2.53. The van der Waals surface area contributed by atoms with Gasteiger partial charge in [-0.05, 0) is 91.8 Å². The van der Waals surface area contributed by atoms with E-state index in [1.165, 1.54) is 51.4 Å². The van der Waals surface area contributed by atoms with Gasteiger partial charge in [0, 0.05) is 12.3 Å². The number of hydrogen-bond acceptors (Lipinski definition) is 3. The van der Waals surface area contributed by atoms with E-state index in [1.807, 2.05) is 0 Å². The molecule has 0 heterocycles. The Balaban J connectivity index is 1.61. The van der Waals surface area contributed by atoms with Crippen molar-refractivity contribution < 1.29 is 14.3 Å². The summed E-state index contributed by atoms with van der Waals surface area (Å²) in [6.07, 6.45) is 12.9. The maximum atomic E-state index is 12.2. The Morgan fingerprint density at radius 3 is 2.55 bits per heavy atom. The minimum absolute atomic E-state index is 0.0836. The van der Waals surface area contributed by atoms with E-state index in [0.717, 1.165) is 30.6 Å². The summed E-state index contributed by atoms with van der Waals surface area (Å²) in [5.74, 6) is 3.00. The molecule has 1 unspecified atom stereocenters. The van der Waals surface area contributed by atoms with Gasteiger partial charge in [-0.25, -0.2) is 0 Å². The standard InChI is InChI=1S/C26H42ClNO3/c1-16(7-10-22(28)29)24-21(31-23(30)15-27)14-20-18-9-8-17-6-4-5-12-25(17,2)19(18)11-13-26(20,24)3/h16-21,24H,4-15H2,1-3H3,(H2,28,29)/t16-,17+,18-,19+,20+,21?,24+,25+,26+/m1/s1. The first-order valence-corrected chi connectivity index (χ1v) is 13.3. The highest BCUT2D eigenvalue weighted by molar-refractivity contribution is 6.26. The molecule has 4 aliphatic rings. The van der Waals surface area contributed by atoms with Gasteiger partial charge >= 0.3 is 5.97 Å². The van der Waals surface area contributed by atoms with Crippen molar-refractivity contribution in [2.75, 3.05) is 5.88 Å². The van der Waals surface area contributed by atoms with Gasteiger partial charge in [-0.2, -0.15) is 0 Å². The zero-order chi connectivity index (χ0) is 22.4. The van der Waals surface area contributed by atoms with Crippen LogP contribution in [0.3, 0.4) is 0 Å². The number of hydrogen-bond donors (Lipinski definition) is 1. The van der Waals surface area contributed by atoms with Gasteiger partial charge in [-0.3, -0.25) is 9.59 Å². The molecule has 5 heteroatoms. The van der Waals surface area contributed by atoms with E-state index in [-0.39, 0.29) is 35.2 Å². The molecule has 4 fully saturated rings. The number of nitrogens with two attached hydrogens (primary N) is 1. The molecule has 4 aliphatic carbocycles. The van der Waals surface area contributed by atoms with Crippen LogP contribution in [0.25, 0.3) is 0 Å². The molecule has 0 aromatic heterocycles. The quantitative estimate of drug-likeness (QED) is 0.416. The van der Waals surface area contributed by atoms with Gasteiger partial charge in [-0.1, -0.05) is 33.6 Å². The van der Waals surface area contributed by atoms with Gasteiger partial charge in [-0.15, -0.1) is 11.6 Å². The normalized spacial score (nSPS) is 45.2. The first-order chi connectivity index (χ1) is 14.7. The van der Waals surface area contributed by atoms with E-state index < -0.39 is 0 Å². The molecule has 0 aromatic rings. The highest BCUT2D eigenvalue weighted by Gasteiger charge is 2.63. The highest BCUT2D eigenvalue weighted by atomic mass is 35.5. The first-order valence-electron chi connectivity index (χ1n) is 12.7. The number of carbonyl (C=O) groups excluding carboxylic acids is 2. The molecule has 4 nitrogen and oxygen atoms in total. The van der Waals surface area contributed by atoms with Crippen molar-refractivity contribution >= 4 is 23.5 Å². The summed E-state index contributed by atoms with van der Waals surface area (Å²) in [5, 5.41) is 0. The molecule has 2 N–H and O–H groups in total. The Bertz CT molecular complexity index is 698. The lowest BCUT2D eigenvalue weighted by Gasteiger charge is -2.60. The van der Waals surface area contributed by atoms with Crippen molar-refractivity contribution in [1.82, 2.24) is 0 Å². The second-order valence-corrected chi connectivity index (χ2v) is 12.1. The van der Waals surface area contributed by atoms with Crippen LogP contribution in [0.4, 0.5) is 0 Å². The first kappa shape index (κ1) is 23.4. The molecule has 176 valence electrons. The molecule has 1 amide bonds. The minimum atomic E-state index is -0.305. The molecule has 4 saturated carbocycles. The summed E-state index contributed by atoms with van der Waals surface area (Å²) >= 11 is 5.82. The predicted octanol–water partition coefficient (Wildman–Crippen LogP) is 5.70. The van der Waals surface area contributed by atoms with Crippen LogP contribution in [-0.4, -0.2) is 23.9 Å². The van der Waals surface area contributed by atoms with E-state index in [1.54, 1.807) is 0 Å². The molecule has 9 atom stereocenters. The van der Waals surface area contributed by atoms with Crippen LogP contribution < -0.4 is 5.73 Å². The Labute approximate surface area is 193 Å². The van der Waals surface area contributed by atoms with Crippen LogP contribution in [0.5, 0.6) is 0 Å². The number of esters is 1. The van der Waals surface area contributed by atoms with Gasteiger partial charge in [0.1, 0.15) is 12.0 Å². The molecule has 0 bridgehead atoms. The third-order valence-corrected chi connectivity index (χ3v) is 10.7.